The molecule has 0 saturated heterocycles. The van der Waals surface area contributed by atoms with Gasteiger partial charge in [-0.3, -0.25) is 9.59 Å². The fourth-order valence-corrected chi connectivity index (χ4v) is 3.42. The Balaban J connectivity index is 1.26. The normalized spacial score (nSPS) is 10.8. The maximum Gasteiger partial charge on any atom is 0.250 e. The molecule has 170 valence electrons. The van der Waals surface area contributed by atoms with Gasteiger partial charge in [0, 0.05) is 24.9 Å². The highest BCUT2D eigenvalue weighted by Crippen LogP contribution is 2.16. The van der Waals surface area contributed by atoms with Crippen LogP contribution in [0, 0.1) is 0 Å². The van der Waals surface area contributed by atoms with Crippen LogP contribution < -0.4 is 15.6 Å². The first-order valence-electron chi connectivity index (χ1n) is 11.1. The zero-order valence-electron chi connectivity index (χ0n) is 18.8. The van der Waals surface area contributed by atoms with Crippen LogP contribution in [0.1, 0.15) is 22.3 Å². The van der Waals surface area contributed by atoms with Gasteiger partial charge in [-0.05, 0) is 46.5 Å². The summed E-state index contributed by atoms with van der Waals surface area (Å²) in [7, 11) is 0. The fourth-order valence-electron chi connectivity index (χ4n) is 3.42. The van der Waals surface area contributed by atoms with Gasteiger partial charge < -0.3 is 14.6 Å². The number of rotatable bonds is 9. The molecule has 0 fully saturated rings. The maximum absolute atomic E-state index is 12.3. The van der Waals surface area contributed by atoms with Crippen LogP contribution in [-0.2, 0) is 24.5 Å². The predicted molar refractivity (Wildman–Crippen MR) is 134 cm³/mol. The van der Waals surface area contributed by atoms with Gasteiger partial charge in [0.25, 0.3) is 5.56 Å². The first-order valence-corrected chi connectivity index (χ1v) is 11.1. The molecule has 0 aliphatic rings. The number of hydrogen-bond acceptors (Lipinski definition) is 3. The minimum absolute atomic E-state index is 0.0288. The van der Waals surface area contributed by atoms with E-state index in [1.807, 2.05) is 84.9 Å². The molecule has 1 aromatic heterocycles. The van der Waals surface area contributed by atoms with E-state index in [4.69, 9.17) is 4.74 Å². The highest BCUT2D eigenvalue weighted by molar-refractivity contribution is 5.91. The van der Waals surface area contributed by atoms with Crippen molar-refractivity contribution in [1.82, 2.24) is 9.88 Å². The van der Waals surface area contributed by atoms with Crippen LogP contribution in [0.4, 0.5) is 0 Å². The Bertz CT molecular complexity index is 1310. The zero-order valence-corrected chi connectivity index (χ0v) is 18.8. The monoisotopic (exact) mass is 450 g/mol. The Morgan fingerprint density at radius 1 is 0.824 bits per heavy atom. The van der Waals surface area contributed by atoms with E-state index >= 15 is 0 Å². The number of benzene rings is 3. The van der Waals surface area contributed by atoms with E-state index in [1.165, 1.54) is 6.08 Å². The SMILES string of the molecule is O=C(/C=C/c1cccc(OCc2ccccc2)c1)NCc1ccc(Cn2ccccc2=O)cc1. The van der Waals surface area contributed by atoms with Crippen LogP contribution in [0.25, 0.3) is 6.08 Å². The van der Waals surface area contributed by atoms with Crippen LogP contribution in [-0.4, -0.2) is 10.5 Å². The molecule has 0 aliphatic heterocycles. The van der Waals surface area contributed by atoms with Gasteiger partial charge in [-0.25, -0.2) is 0 Å². The summed E-state index contributed by atoms with van der Waals surface area (Å²) in [6.07, 6.45) is 5.06. The quantitative estimate of drug-likeness (QED) is 0.373. The zero-order chi connectivity index (χ0) is 23.6. The number of nitrogens with zero attached hydrogens (tertiary/aromatic N) is 1. The lowest BCUT2D eigenvalue weighted by Gasteiger charge is -2.07. The van der Waals surface area contributed by atoms with E-state index in [-0.39, 0.29) is 11.5 Å². The Morgan fingerprint density at radius 2 is 1.59 bits per heavy atom. The van der Waals surface area contributed by atoms with Crippen molar-refractivity contribution >= 4 is 12.0 Å². The summed E-state index contributed by atoms with van der Waals surface area (Å²) in [5, 5.41) is 2.90. The van der Waals surface area contributed by atoms with Gasteiger partial charge in [0.15, 0.2) is 0 Å². The first kappa shape index (κ1) is 22.8. The van der Waals surface area contributed by atoms with Crippen LogP contribution in [0.5, 0.6) is 5.75 Å². The third kappa shape index (κ3) is 6.81. The molecular weight excluding hydrogens is 424 g/mol. The number of carbonyl (C=O) groups is 1. The molecule has 5 nitrogen and oxygen atoms in total. The van der Waals surface area contributed by atoms with Gasteiger partial charge in [-0.1, -0.05) is 72.8 Å². The summed E-state index contributed by atoms with van der Waals surface area (Å²) in [6.45, 7) is 1.44. The topological polar surface area (TPSA) is 60.3 Å². The minimum Gasteiger partial charge on any atom is -0.489 e. The van der Waals surface area contributed by atoms with Crippen molar-refractivity contribution in [2.45, 2.75) is 19.7 Å². The molecule has 1 heterocycles. The van der Waals surface area contributed by atoms with Crippen molar-refractivity contribution in [1.29, 1.82) is 0 Å². The number of nitrogens with one attached hydrogen (secondary N) is 1. The molecule has 4 rings (SSSR count). The van der Waals surface area contributed by atoms with E-state index in [9.17, 15) is 9.59 Å². The van der Waals surface area contributed by atoms with Crippen molar-refractivity contribution in [3.63, 3.8) is 0 Å². The lowest BCUT2D eigenvalue weighted by molar-refractivity contribution is -0.116. The van der Waals surface area contributed by atoms with E-state index in [2.05, 4.69) is 5.32 Å². The number of ether oxygens (including phenoxy) is 1. The summed E-state index contributed by atoms with van der Waals surface area (Å²) in [4.78, 5) is 24.1. The predicted octanol–water partition coefficient (Wildman–Crippen LogP) is 4.81. The highest BCUT2D eigenvalue weighted by atomic mass is 16.5. The molecule has 0 atom stereocenters. The van der Waals surface area contributed by atoms with Gasteiger partial charge in [0.05, 0.1) is 6.54 Å². The molecule has 34 heavy (non-hydrogen) atoms. The minimum atomic E-state index is -0.171. The number of pyridine rings is 1. The van der Waals surface area contributed by atoms with Gasteiger partial charge >= 0.3 is 0 Å². The molecule has 5 heteroatoms. The standard InChI is InChI=1S/C29H26N2O3/c32-28(17-16-23-9-6-10-27(19-23)34-22-26-7-2-1-3-8-26)30-20-24-12-14-25(15-13-24)21-31-18-5-4-11-29(31)33/h1-19H,20-22H2,(H,30,32)/b17-16+. The molecule has 0 saturated carbocycles. The van der Waals surface area contributed by atoms with Gasteiger partial charge in [0.1, 0.15) is 12.4 Å². The largest absolute Gasteiger partial charge is 0.489 e. The molecule has 1 N–H and O–H groups in total. The summed E-state index contributed by atoms with van der Waals surface area (Å²) < 4.78 is 7.50. The van der Waals surface area contributed by atoms with Gasteiger partial charge in [-0.15, -0.1) is 0 Å². The molecule has 3 aromatic carbocycles. The Labute approximate surface area is 199 Å². The molecule has 0 aliphatic carbocycles. The smallest absolute Gasteiger partial charge is 0.250 e. The van der Waals surface area contributed by atoms with Gasteiger partial charge in [-0.2, -0.15) is 0 Å². The number of hydrogen-bond donors (Lipinski definition) is 1. The second-order valence-corrected chi connectivity index (χ2v) is 7.88. The Hall–Kier alpha value is -4.38. The lowest BCUT2D eigenvalue weighted by Crippen LogP contribution is -2.20. The van der Waals surface area contributed by atoms with Crippen LogP contribution in [0.2, 0.25) is 0 Å². The molecule has 0 bridgehead atoms. The molecular formula is C29H26N2O3. The van der Waals surface area contributed by atoms with Gasteiger partial charge in [0.2, 0.25) is 5.91 Å². The number of aromatic nitrogens is 1. The fraction of sp³-hybridized carbons (Fsp3) is 0.103. The number of carbonyl (C=O) groups excluding carboxylic acids is 1. The second kappa shape index (κ2) is 11.5. The van der Waals surface area contributed by atoms with Crippen molar-refractivity contribution in [3.05, 3.63) is 142 Å². The van der Waals surface area contributed by atoms with Crippen LogP contribution >= 0.6 is 0 Å². The third-order valence-corrected chi connectivity index (χ3v) is 5.28. The first-order chi connectivity index (χ1) is 16.7. The Morgan fingerprint density at radius 3 is 2.38 bits per heavy atom. The number of amides is 1. The summed E-state index contributed by atoms with van der Waals surface area (Å²) >= 11 is 0. The van der Waals surface area contributed by atoms with Crippen molar-refractivity contribution < 1.29 is 9.53 Å². The average Bonchev–Trinajstić information content (AvgIpc) is 2.88. The van der Waals surface area contributed by atoms with Crippen molar-refractivity contribution in [2.24, 2.45) is 0 Å². The highest BCUT2D eigenvalue weighted by Gasteiger charge is 2.01. The second-order valence-electron chi connectivity index (χ2n) is 7.88. The lowest BCUT2D eigenvalue weighted by atomic mass is 10.1. The molecule has 1 amide bonds. The van der Waals surface area contributed by atoms with Crippen LogP contribution in [0.15, 0.2) is 114 Å². The van der Waals surface area contributed by atoms with Crippen molar-refractivity contribution in [3.8, 4) is 5.75 Å². The molecule has 4 aromatic rings. The summed E-state index contributed by atoms with van der Waals surface area (Å²) in [5.74, 6) is 0.583. The molecule has 0 spiro atoms. The maximum atomic E-state index is 12.3. The Kier molecular flexibility index (Phi) is 7.70. The van der Waals surface area contributed by atoms with Crippen LogP contribution in [0.3, 0.4) is 0 Å². The summed E-state index contributed by atoms with van der Waals surface area (Å²) in [6, 6.07) is 30.6. The summed E-state index contributed by atoms with van der Waals surface area (Å²) in [5.41, 5.74) is 3.98. The van der Waals surface area contributed by atoms with E-state index in [0.717, 1.165) is 28.0 Å². The van der Waals surface area contributed by atoms with E-state index < -0.39 is 0 Å². The van der Waals surface area contributed by atoms with E-state index in [0.29, 0.717) is 19.7 Å². The molecule has 0 radical (unpaired) electrons. The van der Waals surface area contributed by atoms with Crippen molar-refractivity contribution in [2.75, 3.05) is 0 Å². The molecule has 0 unspecified atom stereocenters. The van der Waals surface area contributed by atoms with E-state index in [1.54, 1.807) is 29.0 Å². The third-order valence-electron chi connectivity index (χ3n) is 5.28. The average molecular weight is 451 g/mol.